The molecule has 0 heterocycles. The molecule has 0 radical (unpaired) electrons. The van der Waals surface area contributed by atoms with Gasteiger partial charge in [0.25, 0.3) is 6.43 Å². The number of aliphatic hydroxyl groups is 1. The Morgan fingerprint density at radius 3 is 2.46 bits per heavy atom. The Bertz CT molecular complexity index is 185. The lowest BCUT2D eigenvalue weighted by molar-refractivity contribution is -0.160. The van der Waals surface area contributed by atoms with Gasteiger partial charge in [0.2, 0.25) is 0 Å². The van der Waals surface area contributed by atoms with Crippen LogP contribution in [0, 0.1) is 0 Å². The van der Waals surface area contributed by atoms with Crippen LogP contribution in [-0.4, -0.2) is 35.8 Å². The maximum Gasteiger partial charge on any atom is 0.326 e. The summed E-state index contributed by atoms with van der Waals surface area (Å²) in [5.74, 6) is -1.03. The molecule has 13 heavy (non-hydrogen) atoms. The Morgan fingerprint density at radius 2 is 2.15 bits per heavy atom. The molecule has 0 fully saturated rings. The molecule has 2 atom stereocenters. The van der Waals surface area contributed by atoms with E-state index in [4.69, 9.17) is 10.8 Å². The highest BCUT2D eigenvalue weighted by Gasteiger charge is 2.43. The molecule has 0 saturated heterocycles. The third kappa shape index (κ3) is 2.89. The van der Waals surface area contributed by atoms with Crippen molar-refractivity contribution in [1.29, 1.82) is 0 Å². The highest BCUT2D eigenvalue weighted by Crippen LogP contribution is 2.18. The smallest absolute Gasteiger partial charge is 0.326 e. The van der Waals surface area contributed by atoms with Crippen molar-refractivity contribution in [2.45, 2.75) is 31.9 Å². The molecule has 0 rings (SSSR count). The fourth-order valence-corrected chi connectivity index (χ4v) is 0.606. The number of alkyl halides is 2. The van der Waals surface area contributed by atoms with Gasteiger partial charge in [-0.3, -0.25) is 4.79 Å². The number of carbonyl (C=O) groups is 1. The molecular weight excluding hydrogens is 184 g/mol. The van der Waals surface area contributed by atoms with Crippen LogP contribution >= 0.6 is 0 Å². The van der Waals surface area contributed by atoms with Gasteiger partial charge in [-0.2, -0.15) is 0 Å². The van der Waals surface area contributed by atoms with E-state index in [2.05, 4.69) is 4.74 Å². The predicted molar refractivity (Wildman–Crippen MR) is 41.2 cm³/mol. The Labute approximate surface area is 74.7 Å². The zero-order chi connectivity index (χ0) is 10.6. The zero-order valence-corrected chi connectivity index (χ0v) is 7.46. The minimum Gasteiger partial charge on any atom is -0.465 e. The first kappa shape index (κ1) is 12.2. The quantitative estimate of drug-likeness (QED) is 0.617. The first-order chi connectivity index (χ1) is 5.84. The van der Waals surface area contributed by atoms with Gasteiger partial charge in [-0.25, -0.2) is 8.78 Å². The van der Waals surface area contributed by atoms with Gasteiger partial charge in [-0.15, -0.1) is 0 Å². The second-order valence-corrected chi connectivity index (χ2v) is 2.76. The van der Waals surface area contributed by atoms with E-state index >= 15 is 0 Å². The molecule has 0 spiro atoms. The molecule has 3 N–H and O–H groups in total. The molecule has 0 saturated carbocycles. The lowest BCUT2D eigenvalue weighted by atomic mass is 9.98. The fraction of sp³-hybridized carbons (Fsp3) is 0.857. The number of hydrogen-bond acceptors (Lipinski definition) is 4. The fourth-order valence-electron chi connectivity index (χ4n) is 0.606. The summed E-state index contributed by atoms with van der Waals surface area (Å²) >= 11 is 0. The summed E-state index contributed by atoms with van der Waals surface area (Å²) in [6.45, 7) is 2.34. The third-order valence-corrected chi connectivity index (χ3v) is 1.61. The largest absolute Gasteiger partial charge is 0.465 e. The van der Waals surface area contributed by atoms with Gasteiger partial charge >= 0.3 is 5.97 Å². The van der Waals surface area contributed by atoms with Gasteiger partial charge in [-0.1, -0.05) is 0 Å². The summed E-state index contributed by atoms with van der Waals surface area (Å²) in [7, 11) is 0. The van der Waals surface area contributed by atoms with E-state index in [1.807, 2.05) is 0 Å². The average Bonchev–Trinajstić information content (AvgIpc) is 2.03. The van der Waals surface area contributed by atoms with E-state index in [1.165, 1.54) is 6.92 Å². The Kier molecular flexibility index (Phi) is 4.22. The minimum absolute atomic E-state index is 0.0336. The summed E-state index contributed by atoms with van der Waals surface area (Å²) in [6, 6.07) is -1.73. The molecule has 0 aromatic carbocycles. The van der Waals surface area contributed by atoms with E-state index in [0.717, 1.165) is 6.92 Å². The number of carbonyl (C=O) groups excluding carboxylic acids is 1. The van der Waals surface area contributed by atoms with Gasteiger partial charge in [-0.05, 0) is 13.8 Å². The molecule has 6 heteroatoms. The van der Waals surface area contributed by atoms with Crippen molar-refractivity contribution in [3.05, 3.63) is 0 Å². The van der Waals surface area contributed by atoms with Gasteiger partial charge < -0.3 is 15.6 Å². The number of nitrogens with two attached hydrogens (primary N) is 1. The van der Waals surface area contributed by atoms with Gasteiger partial charge in [0.05, 0.1) is 6.61 Å². The molecular formula is C7H13F2NO3. The molecule has 0 amide bonds. The van der Waals surface area contributed by atoms with Crippen molar-refractivity contribution in [3.63, 3.8) is 0 Å². The summed E-state index contributed by atoms with van der Waals surface area (Å²) in [6.07, 6.45) is -3.09. The van der Waals surface area contributed by atoms with Crippen LogP contribution in [0.2, 0.25) is 0 Å². The van der Waals surface area contributed by atoms with Crippen LogP contribution < -0.4 is 5.73 Å². The third-order valence-electron chi connectivity index (χ3n) is 1.61. The van der Waals surface area contributed by atoms with Crippen molar-refractivity contribution in [2.75, 3.05) is 6.61 Å². The standard InChI is InChI=1S/C7H13F2NO3/c1-3-13-5(11)4(10)7(2,12)6(8)9/h4,6,12H,3,10H2,1-2H3/t4-,7+/m1/s1. The van der Waals surface area contributed by atoms with Crippen molar-refractivity contribution < 1.29 is 23.4 Å². The highest BCUT2D eigenvalue weighted by molar-refractivity contribution is 5.77. The van der Waals surface area contributed by atoms with E-state index < -0.39 is 24.0 Å². The van der Waals surface area contributed by atoms with Crippen LogP contribution in [0.5, 0.6) is 0 Å². The lowest BCUT2D eigenvalue weighted by Crippen LogP contribution is -2.55. The van der Waals surface area contributed by atoms with Crippen molar-refractivity contribution in [3.8, 4) is 0 Å². The Hall–Kier alpha value is -0.750. The van der Waals surface area contributed by atoms with Crippen molar-refractivity contribution in [2.24, 2.45) is 5.73 Å². The van der Waals surface area contributed by atoms with Crippen LogP contribution in [0.15, 0.2) is 0 Å². The summed E-state index contributed by atoms with van der Waals surface area (Å²) in [5.41, 5.74) is 2.53. The first-order valence-electron chi connectivity index (χ1n) is 3.76. The maximum absolute atomic E-state index is 12.1. The number of esters is 1. The van der Waals surface area contributed by atoms with Crippen molar-refractivity contribution in [1.82, 2.24) is 0 Å². The Morgan fingerprint density at radius 1 is 1.69 bits per heavy atom. The lowest BCUT2D eigenvalue weighted by Gasteiger charge is -2.27. The number of hydrogen-bond donors (Lipinski definition) is 2. The molecule has 4 nitrogen and oxygen atoms in total. The summed E-state index contributed by atoms with van der Waals surface area (Å²) in [4.78, 5) is 10.9. The summed E-state index contributed by atoms with van der Waals surface area (Å²) < 4.78 is 28.6. The monoisotopic (exact) mass is 197 g/mol. The first-order valence-corrected chi connectivity index (χ1v) is 3.76. The molecule has 0 aromatic heterocycles. The second kappa shape index (κ2) is 4.48. The molecule has 0 aliphatic carbocycles. The van der Waals surface area contributed by atoms with E-state index in [9.17, 15) is 13.6 Å². The van der Waals surface area contributed by atoms with Gasteiger partial charge in [0, 0.05) is 0 Å². The van der Waals surface area contributed by atoms with Gasteiger partial charge in [0.15, 0.2) is 0 Å². The number of ether oxygens (including phenoxy) is 1. The Balaban J connectivity index is 4.39. The normalized spacial score (nSPS) is 18.1. The molecule has 0 unspecified atom stereocenters. The summed E-state index contributed by atoms with van der Waals surface area (Å²) in [5, 5.41) is 9.08. The minimum atomic E-state index is -3.09. The van der Waals surface area contributed by atoms with E-state index in [-0.39, 0.29) is 6.61 Å². The molecule has 0 bridgehead atoms. The topological polar surface area (TPSA) is 72.5 Å². The van der Waals surface area contributed by atoms with Crippen LogP contribution in [0.3, 0.4) is 0 Å². The van der Waals surface area contributed by atoms with E-state index in [1.54, 1.807) is 0 Å². The number of rotatable bonds is 4. The highest BCUT2D eigenvalue weighted by atomic mass is 19.3. The van der Waals surface area contributed by atoms with Crippen LogP contribution in [-0.2, 0) is 9.53 Å². The second-order valence-electron chi connectivity index (χ2n) is 2.76. The SMILES string of the molecule is CCOC(=O)[C@@H](N)[C@](C)(O)C(F)F. The molecule has 0 aromatic rings. The zero-order valence-electron chi connectivity index (χ0n) is 7.46. The van der Waals surface area contributed by atoms with E-state index in [0.29, 0.717) is 0 Å². The average molecular weight is 197 g/mol. The van der Waals surface area contributed by atoms with Gasteiger partial charge in [0.1, 0.15) is 11.6 Å². The van der Waals surface area contributed by atoms with Crippen molar-refractivity contribution >= 4 is 5.97 Å². The van der Waals surface area contributed by atoms with Crippen LogP contribution in [0.1, 0.15) is 13.8 Å². The van der Waals surface area contributed by atoms with Crippen LogP contribution in [0.4, 0.5) is 8.78 Å². The maximum atomic E-state index is 12.1. The molecule has 78 valence electrons. The molecule has 0 aliphatic heterocycles. The number of halogens is 2. The predicted octanol–water partition coefficient (Wildman–Crippen LogP) is -0.107. The van der Waals surface area contributed by atoms with Crippen LogP contribution in [0.25, 0.3) is 0 Å². The molecule has 0 aliphatic rings.